The maximum Gasteiger partial charge on any atom is 0.500 e. The van der Waals surface area contributed by atoms with Gasteiger partial charge in [0.05, 0.1) is 0 Å². The molecule has 0 spiro atoms. The van der Waals surface area contributed by atoms with Crippen LogP contribution in [0.2, 0.25) is 6.04 Å². The molecule has 3 nitrogen and oxygen atoms in total. The van der Waals surface area contributed by atoms with Crippen molar-refractivity contribution in [2.75, 3.05) is 27.1 Å². The van der Waals surface area contributed by atoms with E-state index in [1.165, 1.54) is 4.90 Å². The topological polar surface area (TPSA) is 27.7 Å². The average Bonchev–Trinajstić information content (AvgIpc) is 2.45. The normalized spacial score (nSPS) is 11.7. The first-order chi connectivity index (χ1) is 8.76. The Hall–Kier alpha value is 0.0169. The number of hydrogen-bond acceptors (Lipinski definition) is 5. The molecule has 1 aromatic rings. The second-order valence-corrected chi connectivity index (χ2v) is 9.20. The first-order valence-corrected chi connectivity index (χ1v) is 10.0. The molecular weight excluding hydrogens is 284 g/mol. The fraction of sp³-hybridized carbons (Fsp3) is 0.500. The lowest BCUT2D eigenvalue weighted by atomic mass is 10.4. The Morgan fingerprint density at radius 3 is 2.17 bits per heavy atom. The summed E-state index contributed by atoms with van der Waals surface area (Å²) in [5.74, 6) is 1.06. The Morgan fingerprint density at radius 2 is 1.61 bits per heavy atom. The molecular formula is C12H20O3S2Si. The summed E-state index contributed by atoms with van der Waals surface area (Å²) in [5, 5.41) is 0. The highest BCUT2D eigenvalue weighted by Gasteiger charge is 2.36. The molecule has 0 atom stereocenters. The van der Waals surface area contributed by atoms with Crippen LogP contribution < -0.4 is 0 Å². The molecule has 0 radical (unpaired) electrons. The fourth-order valence-electron chi connectivity index (χ4n) is 1.49. The second kappa shape index (κ2) is 9.01. The summed E-state index contributed by atoms with van der Waals surface area (Å²) in [5.41, 5.74) is 0. The summed E-state index contributed by atoms with van der Waals surface area (Å²) in [6.45, 7) is 0. The predicted molar refractivity (Wildman–Crippen MR) is 81.0 cm³/mol. The summed E-state index contributed by atoms with van der Waals surface area (Å²) < 4.78 is 16.1. The van der Waals surface area contributed by atoms with E-state index in [-0.39, 0.29) is 0 Å². The van der Waals surface area contributed by atoms with Gasteiger partial charge in [0.15, 0.2) is 0 Å². The van der Waals surface area contributed by atoms with Gasteiger partial charge in [0, 0.05) is 38.0 Å². The van der Waals surface area contributed by atoms with E-state index in [9.17, 15) is 0 Å². The van der Waals surface area contributed by atoms with Gasteiger partial charge in [-0.25, -0.2) is 0 Å². The molecule has 0 aliphatic heterocycles. The highest BCUT2D eigenvalue weighted by molar-refractivity contribution is 8.76. The van der Waals surface area contributed by atoms with Gasteiger partial charge in [-0.1, -0.05) is 39.8 Å². The van der Waals surface area contributed by atoms with Crippen molar-refractivity contribution >= 4 is 30.4 Å². The van der Waals surface area contributed by atoms with E-state index >= 15 is 0 Å². The van der Waals surface area contributed by atoms with Crippen LogP contribution in [-0.4, -0.2) is 35.9 Å². The molecule has 0 aromatic heterocycles. The lowest BCUT2D eigenvalue weighted by molar-refractivity contribution is 0.123. The largest absolute Gasteiger partial charge is 0.500 e. The number of hydrogen-bond donors (Lipinski definition) is 0. The monoisotopic (exact) mass is 304 g/mol. The molecule has 18 heavy (non-hydrogen) atoms. The van der Waals surface area contributed by atoms with E-state index in [4.69, 9.17) is 13.3 Å². The van der Waals surface area contributed by atoms with Crippen molar-refractivity contribution in [3.63, 3.8) is 0 Å². The van der Waals surface area contributed by atoms with Crippen LogP contribution in [0, 0.1) is 0 Å². The lowest BCUT2D eigenvalue weighted by Gasteiger charge is -2.23. The van der Waals surface area contributed by atoms with Crippen LogP contribution in [0.4, 0.5) is 0 Å². The Kier molecular flexibility index (Phi) is 8.04. The first kappa shape index (κ1) is 16.1. The molecule has 0 fully saturated rings. The highest BCUT2D eigenvalue weighted by atomic mass is 33.1. The SMILES string of the molecule is CO[Si](CCCSSc1ccccc1)(OC)OC. The van der Waals surface area contributed by atoms with E-state index in [0.29, 0.717) is 0 Å². The van der Waals surface area contributed by atoms with Crippen molar-refractivity contribution in [3.05, 3.63) is 30.3 Å². The zero-order valence-corrected chi connectivity index (χ0v) is 13.7. The van der Waals surface area contributed by atoms with Gasteiger partial charge in [0.25, 0.3) is 0 Å². The second-order valence-electron chi connectivity index (χ2n) is 3.62. The van der Waals surface area contributed by atoms with E-state index in [1.807, 2.05) is 16.9 Å². The Bertz CT molecular complexity index is 312. The quantitative estimate of drug-likeness (QED) is 0.394. The van der Waals surface area contributed by atoms with Crippen LogP contribution in [-0.2, 0) is 13.3 Å². The maximum atomic E-state index is 5.38. The lowest BCUT2D eigenvalue weighted by Crippen LogP contribution is -2.42. The van der Waals surface area contributed by atoms with Crippen molar-refractivity contribution in [2.45, 2.75) is 17.4 Å². The third kappa shape index (κ3) is 5.34. The van der Waals surface area contributed by atoms with E-state index in [1.54, 1.807) is 32.1 Å². The molecule has 0 N–H and O–H groups in total. The molecule has 0 aliphatic rings. The molecule has 0 heterocycles. The molecule has 6 heteroatoms. The Balaban J connectivity index is 2.18. The Morgan fingerprint density at radius 1 is 1.00 bits per heavy atom. The predicted octanol–water partition coefficient (Wildman–Crippen LogP) is 3.70. The van der Waals surface area contributed by atoms with Crippen molar-refractivity contribution in [1.82, 2.24) is 0 Å². The smallest absolute Gasteiger partial charge is 0.377 e. The molecule has 0 saturated carbocycles. The van der Waals surface area contributed by atoms with Gasteiger partial charge in [0.2, 0.25) is 0 Å². The van der Waals surface area contributed by atoms with Crippen LogP contribution >= 0.6 is 21.6 Å². The van der Waals surface area contributed by atoms with Crippen molar-refractivity contribution in [3.8, 4) is 0 Å². The van der Waals surface area contributed by atoms with Gasteiger partial charge < -0.3 is 13.3 Å². The molecule has 102 valence electrons. The van der Waals surface area contributed by atoms with Gasteiger partial charge >= 0.3 is 8.80 Å². The third-order valence-electron chi connectivity index (χ3n) is 2.54. The standard InChI is InChI=1S/C12H20O3S2Si/c1-13-18(14-2,15-3)11-7-10-16-17-12-8-5-4-6-9-12/h4-6,8-9H,7,10-11H2,1-3H3. The Labute approximate surface area is 118 Å². The van der Waals surface area contributed by atoms with E-state index < -0.39 is 8.80 Å². The van der Waals surface area contributed by atoms with Crippen LogP contribution in [0.5, 0.6) is 0 Å². The fourth-order valence-corrected chi connectivity index (χ4v) is 5.56. The van der Waals surface area contributed by atoms with Gasteiger partial charge in [0.1, 0.15) is 0 Å². The van der Waals surface area contributed by atoms with Crippen LogP contribution in [0.1, 0.15) is 6.42 Å². The summed E-state index contributed by atoms with van der Waals surface area (Å²) in [6, 6.07) is 11.2. The molecule has 1 rings (SSSR count). The number of benzene rings is 1. The van der Waals surface area contributed by atoms with Crippen LogP contribution in [0.15, 0.2) is 35.2 Å². The number of rotatable bonds is 9. The first-order valence-electron chi connectivity index (χ1n) is 5.76. The van der Waals surface area contributed by atoms with Crippen molar-refractivity contribution in [1.29, 1.82) is 0 Å². The van der Waals surface area contributed by atoms with Crippen molar-refractivity contribution in [2.24, 2.45) is 0 Å². The van der Waals surface area contributed by atoms with Crippen molar-refractivity contribution < 1.29 is 13.3 Å². The van der Waals surface area contributed by atoms with E-state index in [0.717, 1.165) is 18.2 Å². The van der Waals surface area contributed by atoms with Crippen LogP contribution in [0.3, 0.4) is 0 Å². The summed E-state index contributed by atoms with van der Waals surface area (Å²) in [6.07, 6.45) is 1.03. The van der Waals surface area contributed by atoms with E-state index in [2.05, 4.69) is 24.3 Å². The molecule has 0 amide bonds. The molecule has 0 saturated heterocycles. The minimum absolute atomic E-state index is 0.860. The minimum atomic E-state index is -2.37. The zero-order chi connectivity index (χ0) is 13.3. The summed E-state index contributed by atoms with van der Waals surface area (Å²) >= 11 is 0. The third-order valence-corrected chi connectivity index (χ3v) is 7.84. The van der Waals surface area contributed by atoms with Crippen LogP contribution in [0.25, 0.3) is 0 Å². The zero-order valence-electron chi connectivity index (χ0n) is 11.0. The molecule has 0 unspecified atom stereocenters. The molecule has 1 aromatic carbocycles. The molecule has 0 aliphatic carbocycles. The maximum absolute atomic E-state index is 5.38. The van der Waals surface area contributed by atoms with Gasteiger partial charge in [-0.15, -0.1) is 0 Å². The minimum Gasteiger partial charge on any atom is -0.377 e. The van der Waals surface area contributed by atoms with Gasteiger partial charge in [-0.05, 0) is 18.6 Å². The summed E-state index contributed by atoms with van der Waals surface area (Å²) in [7, 11) is 6.26. The average molecular weight is 305 g/mol. The van der Waals surface area contributed by atoms with Gasteiger partial charge in [-0.3, -0.25) is 0 Å². The molecule has 0 bridgehead atoms. The summed E-state index contributed by atoms with van der Waals surface area (Å²) in [4.78, 5) is 1.29. The highest BCUT2D eigenvalue weighted by Crippen LogP contribution is 2.32. The van der Waals surface area contributed by atoms with Gasteiger partial charge in [-0.2, -0.15) is 0 Å².